The van der Waals surface area contributed by atoms with E-state index in [9.17, 15) is 0 Å². The number of fused-ring (bicyclic) bond motifs is 1. The molecule has 0 unspecified atom stereocenters. The molecule has 0 aliphatic carbocycles. The van der Waals surface area contributed by atoms with Crippen LogP contribution >= 0.6 is 0 Å². The van der Waals surface area contributed by atoms with E-state index in [1.165, 1.54) is 0 Å². The molecule has 0 saturated carbocycles. The predicted octanol–water partition coefficient (Wildman–Crippen LogP) is 1.42. The fourth-order valence-electron chi connectivity index (χ4n) is 2.96. The molecule has 0 bridgehead atoms. The Kier molecular flexibility index (Phi) is 2.78. The third-order valence-corrected chi connectivity index (χ3v) is 4.03. The second-order valence-electron chi connectivity index (χ2n) is 5.18. The van der Waals surface area contributed by atoms with Gasteiger partial charge in [0.2, 0.25) is 0 Å². The first kappa shape index (κ1) is 12.0. The molecule has 20 heavy (non-hydrogen) atoms. The third-order valence-electron chi connectivity index (χ3n) is 4.03. The van der Waals surface area contributed by atoms with Crippen molar-refractivity contribution in [2.75, 3.05) is 13.2 Å². The van der Waals surface area contributed by atoms with Crippen LogP contribution in [0, 0.1) is 0 Å². The molecule has 1 saturated heterocycles. The van der Waals surface area contributed by atoms with Crippen LogP contribution in [-0.4, -0.2) is 38.7 Å². The molecule has 6 heteroatoms. The van der Waals surface area contributed by atoms with Crippen molar-refractivity contribution in [3.8, 4) is 11.4 Å². The maximum absolute atomic E-state index is 5.81. The Balaban J connectivity index is 1.67. The number of aromatic nitrogens is 4. The quantitative estimate of drug-likeness (QED) is 0.785. The summed E-state index contributed by atoms with van der Waals surface area (Å²) in [6.07, 6.45) is 6.08. The number of hydrogen-bond acceptors (Lipinski definition) is 5. The van der Waals surface area contributed by atoms with Gasteiger partial charge < -0.3 is 14.0 Å². The fraction of sp³-hybridized carbons (Fsp3) is 0.500. The van der Waals surface area contributed by atoms with Crippen LogP contribution < -0.4 is 0 Å². The molecule has 0 atom stereocenters. The van der Waals surface area contributed by atoms with Gasteiger partial charge in [0.05, 0.1) is 13.2 Å². The predicted molar refractivity (Wildman–Crippen MR) is 70.8 cm³/mol. The Hall–Kier alpha value is -1.79. The lowest BCUT2D eigenvalue weighted by Gasteiger charge is -2.25. The van der Waals surface area contributed by atoms with Crippen LogP contribution in [0.3, 0.4) is 0 Å². The van der Waals surface area contributed by atoms with Crippen LogP contribution in [0.4, 0.5) is 0 Å². The minimum atomic E-state index is -0.407. The van der Waals surface area contributed by atoms with E-state index in [0.29, 0.717) is 13.2 Å². The molecule has 1 fully saturated rings. The smallest absolute Gasteiger partial charge is 0.170 e. The lowest BCUT2D eigenvalue weighted by Crippen LogP contribution is -2.30. The van der Waals surface area contributed by atoms with Crippen LogP contribution in [0.1, 0.15) is 18.7 Å². The van der Waals surface area contributed by atoms with Crippen LogP contribution in [-0.2, 0) is 22.4 Å². The molecule has 4 rings (SSSR count). The van der Waals surface area contributed by atoms with Crippen molar-refractivity contribution >= 4 is 0 Å². The molecule has 6 nitrogen and oxygen atoms in total. The first-order valence-electron chi connectivity index (χ1n) is 6.97. The van der Waals surface area contributed by atoms with E-state index in [0.717, 1.165) is 43.0 Å². The second kappa shape index (κ2) is 4.64. The fourth-order valence-corrected chi connectivity index (χ4v) is 2.96. The van der Waals surface area contributed by atoms with Crippen LogP contribution in [0.25, 0.3) is 11.4 Å². The molecule has 2 aromatic heterocycles. The Labute approximate surface area is 116 Å². The molecule has 104 valence electrons. The molecule has 4 heterocycles. The molecular weight excluding hydrogens is 256 g/mol. The van der Waals surface area contributed by atoms with Gasteiger partial charge in [-0.2, -0.15) is 0 Å². The number of rotatable bonds is 1. The van der Waals surface area contributed by atoms with E-state index >= 15 is 0 Å². The summed E-state index contributed by atoms with van der Waals surface area (Å²) in [6.45, 7) is 2.20. The van der Waals surface area contributed by atoms with Crippen molar-refractivity contribution in [3.05, 3.63) is 30.4 Å². The van der Waals surface area contributed by atoms with Gasteiger partial charge in [-0.3, -0.25) is 4.98 Å². The highest BCUT2D eigenvalue weighted by molar-refractivity contribution is 5.54. The van der Waals surface area contributed by atoms with Crippen LogP contribution in [0.5, 0.6) is 0 Å². The van der Waals surface area contributed by atoms with E-state index in [4.69, 9.17) is 9.47 Å². The van der Waals surface area contributed by atoms with Gasteiger partial charge in [0.1, 0.15) is 5.82 Å². The van der Waals surface area contributed by atoms with Crippen molar-refractivity contribution in [1.29, 1.82) is 0 Å². The van der Waals surface area contributed by atoms with Crippen LogP contribution in [0.15, 0.2) is 24.5 Å². The minimum Gasteiger partial charge on any atom is -0.347 e. The zero-order valence-corrected chi connectivity index (χ0v) is 11.2. The normalized spacial score (nSPS) is 20.8. The van der Waals surface area contributed by atoms with Gasteiger partial charge in [0, 0.05) is 43.8 Å². The van der Waals surface area contributed by atoms with Crippen molar-refractivity contribution in [2.24, 2.45) is 0 Å². The molecular formula is C14H16N4O2. The standard InChI is InChI=1S/C14H16N4O2/c1-4-14(19-9-10-20-14)5-8-18-12(1)16-17-13(18)11-2-6-15-7-3-11/h2-3,6-7H,1,4-5,8-10H2. The number of aryl methyl sites for hydroxylation is 1. The SMILES string of the molecule is c1cc(-c2nnc3n2CCC2(CC3)OCCO2)ccn1. The highest BCUT2D eigenvalue weighted by Gasteiger charge is 2.38. The molecule has 2 aliphatic heterocycles. The van der Waals surface area contributed by atoms with Crippen molar-refractivity contribution < 1.29 is 9.47 Å². The average Bonchev–Trinajstić information content (AvgIpc) is 3.07. The molecule has 0 amide bonds. The topological polar surface area (TPSA) is 62.1 Å². The zero-order chi connectivity index (χ0) is 13.4. The summed E-state index contributed by atoms with van der Waals surface area (Å²) >= 11 is 0. The van der Waals surface area contributed by atoms with Gasteiger partial charge in [-0.05, 0) is 12.1 Å². The Bertz CT molecular complexity index is 605. The molecule has 0 N–H and O–H groups in total. The van der Waals surface area contributed by atoms with Crippen LogP contribution in [0.2, 0.25) is 0 Å². The van der Waals surface area contributed by atoms with Gasteiger partial charge in [0.25, 0.3) is 0 Å². The monoisotopic (exact) mass is 272 g/mol. The number of nitrogens with zero attached hydrogens (tertiary/aromatic N) is 4. The lowest BCUT2D eigenvalue weighted by atomic mass is 10.1. The van der Waals surface area contributed by atoms with E-state index in [-0.39, 0.29) is 0 Å². The maximum atomic E-state index is 5.81. The molecule has 0 radical (unpaired) electrons. The van der Waals surface area contributed by atoms with Crippen molar-refractivity contribution in [2.45, 2.75) is 31.6 Å². The van der Waals surface area contributed by atoms with Gasteiger partial charge in [-0.1, -0.05) is 0 Å². The highest BCUT2D eigenvalue weighted by atomic mass is 16.7. The Morgan fingerprint density at radius 3 is 2.65 bits per heavy atom. The average molecular weight is 272 g/mol. The molecule has 2 aliphatic rings. The first-order valence-corrected chi connectivity index (χ1v) is 6.97. The maximum Gasteiger partial charge on any atom is 0.170 e. The summed E-state index contributed by atoms with van der Waals surface area (Å²) in [5.74, 6) is 1.50. The van der Waals surface area contributed by atoms with Gasteiger partial charge in [-0.15, -0.1) is 10.2 Å². The third kappa shape index (κ3) is 1.92. The summed E-state index contributed by atoms with van der Waals surface area (Å²) < 4.78 is 13.8. The van der Waals surface area contributed by atoms with Gasteiger partial charge in [-0.25, -0.2) is 0 Å². The second-order valence-corrected chi connectivity index (χ2v) is 5.18. The number of pyridine rings is 1. The number of ether oxygens (including phenoxy) is 2. The van der Waals surface area contributed by atoms with E-state index in [2.05, 4.69) is 19.7 Å². The Morgan fingerprint density at radius 2 is 1.85 bits per heavy atom. The summed E-state index contributed by atoms with van der Waals surface area (Å²) in [5, 5.41) is 8.66. The number of hydrogen-bond donors (Lipinski definition) is 0. The molecule has 0 aromatic carbocycles. The largest absolute Gasteiger partial charge is 0.347 e. The summed E-state index contributed by atoms with van der Waals surface area (Å²) in [6, 6.07) is 3.92. The first-order chi connectivity index (χ1) is 9.86. The van der Waals surface area contributed by atoms with Crippen molar-refractivity contribution in [3.63, 3.8) is 0 Å². The lowest BCUT2D eigenvalue weighted by molar-refractivity contribution is -0.165. The van der Waals surface area contributed by atoms with E-state index in [1.54, 1.807) is 12.4 Å². The summed E-state index contributed by atoms with van der Waals surface area (Å²) in [7, 11) is 0. The Morgan fingerprint density at radius 1 is 1.05 bits per heavy atom. The van der Waals surface area contributed by atoms with Gasteiger partial charge in [0.15, 0.2) is 11.6 Å². The summed E-state index contributed by atoms with van der Waals surface area (Å²) in [4.78, 5) is 4.05. The summed E-state index contributed by atoms with van der Waals surface area (Å²) in [5.41, 5.74) is 1.04. The zero-order valence-electron chi connectivity index (χ0n) is 11.2. The van der Waals surface area contributed by atoms with E-state index < -0.39 is 5.79 Å². The minimum absolute atomic E-state index is 0.407. The molecule has 1 spiro atoms. The van der Waals surface area contributed by atoms with E-state index in [1.807, 2.05) is 12.1 Å². The van der Waals surface area contributed by atoms with Crippen molar-refractivity contribution in [1.82, 2.24) is 19.7 Å². The molecule has 2 aromatic rings. The highest BCUT2D eigenvalue weighted by Crippen LogP contribution is 2.33. The van der Waals surface area contributed by atoms with Gasteiger partial charge >= 0.3 is 0 Å².